The molecule has 0 aliphatic heterocycles. The van der Waals surface area contributed by atoms with Crippen molar-refractivity contribution in [2.75, 3.05) is 13.7 Å². The Morgan fingerprint density at radius 1 is 1.11 bits per heavy atom. The van der Waals surface area contributed by atoms with Crippen LogP contribution in [0.2, 0.25) is 0 Å². The average Bonchev–Trinajstić information content (AvgIpc) is 3.16. The van der Waals surface area contributed by atoms with Crippen molar-refractivity contribution >= 4 is 17.6 Å². The van der Waals surface area contributed by atoms with Crippen LogP contribution in [0, 0.1) is 28.6 Å². The number of oxime groups is 1. The standard InChI is InChI=1S/C31H40N2O5/c1-29-15-12-22(33-38-19-26(34)32-27(28(35)37-4)20-8-6-5-7-9-20)18-21(29)10-11-23-24(29)13-16-30(2)25(23)14-17-31(30,3)36/h5-9,12,15,18,23-25,27,36H,10-11,13-14,16-17,19H2,1-4H3,(H,32,34)/t23-,24+,25+,27-,29+,30+,31+/m1/s1. The molecule has 7 nitrogen and oxygen atoms in total. The van der Waals surface area contributed by atoms with Crippen molar-refractivity contribution in [1.29, 1.82) is 0 Å². The summed E-state index contributed by atoms with van der Waals surface area (Å²) in [6, 6.07) is 8.05. The second kappa shape index (κ2) is 9.99. The molecule has 0 radical (unpaired) electrons. The van der Waals surface area contributed by atoms with Gasteiger partial charge in [-0.15, -0.1) is 0 Å². The number of amides is 1. The molecule has 38 heavy (non-hydrogen) atoms. The number of esters is 1. The first-order chi connectivity index (χ1) is 18.1. The van der Waals surface area contributed by atoms with Gasteiger partial charge in [0.25, 0.3) is 5.91 Å². The van der Waals surface area contributed by atoms with E-state index in [4.69, 9.17) is 9.57 Å². The van der Waals surface area contributed by atoms with Crippen molar-refractivity contribution in [3.63, 3.8) is 0 Å². The van der Waals surface area contributed by atoms with Crippen LogP contribution in [0.5, 0.6) is 0 Å². The maximum Gasteiger partial charge on any atom is 0.333 e. The first kappa shape index (κ1) is 26.7. The summed E-state index contributed by atoms with van der Waals surface area (Å²) in [6.45, 7) is 6.41. The molecule has 3 fully saturated rings. The van der Waals surface area contributed by atoms with E-state index in [1.54, 1.807) is 24.3 Å². The molecule has 0 unspecified atom stereocenters. The van der Waals surface area contributed by atoms with Crippen LogP contribution >= 0.6 is 0 Å². The molecule has 2 N–H and O–H groups in total. The van der Waals surface area contributed by atoms with E-state index in [-0.39, 0.29) is 17.4 Å². The summed E-state index contributed by atoms with van der Waals surface area (Å²) in [4.78, 5) is 30.1. The third-order valence-electron chi connectivity index (χ3n) is 10.4. The zero-order valence-corrected chi connectivity index (χ0v) is 22.9. The van der Waals surface area contributed by atoms with Gasteiger partial charge in [-0.25, -0.2) is 4.79 Å². The predicted octanol–water partition coefficient (Wildman–Crippen LogP) is 4.88. The van der Waals surface area contributed by atoms with Gasteiger partial charge in [-0.2, -0.15) is 0 Å². The zero-order chi connectivity index (χ0) is 27.1. The molecule has 0 saturated heterocycles. The van der Waals surface area contributed by atoms with E-state index >= 15 is 0 Å². The quantitative estimate of drug-likeness (QED) is 0.412. The first-order valence-electron chi connectivity index (χ1n) is 13.8. The minimum atomic E-state index is -0.904. The Bertz CT molecular complexity index is 1170. The second-order valence-corrected chi connectivity index (χ2v) is 12.2. The summed E-state index contributed by atoms with van der Waals surface area (Å²) >= 11 is 0. The maximum atomic E-state index is 12.5. The number of methoxy groups -OCH3 is 1. The number of nitrogens with one attached hydrogen (secondary N) is 1. The van der Waals surface area contributed by atoms with E-state index in [2.05, 4.69) is 36.5 Å². The van der Waals surface area contributed by atoms with E-state index in [0.717, 1.165) is 38.5 Å². The summed E-state index contributed by atoms with van der Waals surface area (Å²) in [6.07, 6.45) is 12.8. The number of nitrogens with zero attached hydrogens (tertiary/aromatic N) is 1. The largest absolute Gasteiger partial charge is 0.467 e. The molecule has 0 bridgehead atoms. The van der Waals surface area contributed by atoms with Gasteiger partial charge in [-0.05, 0) is 86.3 Å². The second-order valence-electron chi connectivity index (χ2n) is 12.2. The monoisotopic (exact) mass is 520 g/mol. The lowest BCUT2D eigenvalue weighted by molar-refractivity contribution is -0.145. The van der Waals surface area contributed by atoms with Crippen LogP contribution in [-0.4, -0.2) is 42.0 Å². The van der Waals surface area contributed by atoms with Gasteiger partial charge >= 0.3 is 5.97 Å². The number of hydrogen-bond acceptors (Lipinski definition) is 6. The molecule has 1 aromatic rings. The number of carbonyl (C=O) groups excluding carboxylic acids is 2. The number of carbonyl (C=O) groups is 2. The number of hydrogen-bond donors (Lipinski definition) is 2. The number of ether oxygens (including phenoxy) is 1. The summed E-state index contributed by atoms with van der Waals surface area (Å²) in [5, 5.41) is 18.0. The molecule has 204 valence electrons. The Morgan fingerprint density at radius 2 is 1.84 bits per heavy atom. The van der Waals surface area contributed by atoms with Crippen molar-refractivity contribution in [3.05, 3.63) is 59.7 Å². The molecule has 5 rings (SSSR count). The summed E-state index contributed by atoms with van der Waals surface area (Å²) < 4.78 is 4.85. The Balaban J connectivity index is 1.22. The van der Waals surface area contributed by atoms with Gasteiger partial charge < -0.3 is 20.0 Å². The van der Waals surface area contributed by atoms with E-state index in [1.807, 2.05) is 19.1 Å². The summed E-state index contributed by atoms with van der Waals surface area (Å²) in [5.41, 5.74) is 2.13. The topological polar surface area (TPSA) is 97.2 Å². The lowest BCUT2D eigenvalue weighted by Crippen LogP contribution is -2.53. The van der Waals surface area contributed by atoms with Gasteiger partial charge in [-0.3, -0.25) is 4.79 Å². The number of allylic oxidation sites excluding steroid dienone is 4. The highest BCUT2D eigenvalue weighted by Crippen LogP contribution is 2.66. The molecule has 4 aliphatic rings. The zero-order valence-electron chi connectivity index (χ0n) is 22.9. The first-order valence-corrected chi connectivity index (χ1v) is 13.8. The highest BCUT2D eigenvalue weighted by Gasteiger charge is 2.61. The van der Waals surface area contributed by atoms with E-state index in [1.165, 1.54) is 12.7 Å². The van der Waals surface area contributed by atoms with Crippen molar-refractivity contribution in [2.24, 2.45) is 33.7 Å². The van der Waals surface area contributed by atoms with Crippen LogP contribution < -0.4 is 5.32 Å². The SMILES string of the molecule is COC(=O)[C@H](NC(=O)CON=C1C=C[C@@]2(C)C(=C1)CC[C@@H]1[C@@H]2CC[C@@]2(C)[C@H]1CC[C@]2(C)O)c1ccccc1. The van der Waals surface area contributed by atoms with Crippen molar-refractivity contribution in [1.82, 2.24) is 5.32 Å². The predicted molar refractivity (Wildman–Crippen MR) is 145 cm³/mol. The summed E-state index contributed by atoms with van der Waals surface area (Å²) in [7, 11) is 1.29. The highest BCUT2D eigenvalue weighted by molar-refractivity contribution is 6.05. The molecular formula is C31H40N2O5. The van der Waals surface area contributed by atoms with Crippen LogP contribution in [-0.2, 0) is 19.2 Å². The van der Waals surface area contributed by atoms with Gasteiger partial charge in [0, 0.05) is 5.41 Å². The Morgan fingerprint density at radius 3 is 2.58 bits per heavy atom. The van der Waals surface area contributed by atoms with Gasteiger partial charge in [0.05, 0.1) is 12.7 Å². The fourth-order valence-electron chi connectivity index (χ4n) is 7.92. The minimum absolute atomic E-state index is 0.0124. The Hall–Kier alpha value is -2.93. The lowest BCUT2D eigenvalue weighted by atomic mass is 9.47. The van der Waals surface area contributed by atoms with Gasteiger partial charge in [0.15, 0.2) is 12.6 Å². The van der Waals surface area contributed by atoms with Crippen LogP contribution in [0.1, 0.15) is 70.9 Å². The third kappa shape index (κ3) is 4.49. The number of benzene rings is 1. The average molecular weight is 521 g/mol. The van der Waals surface area contributed by atoms with Gasteiger partial charge in [0.2, 0.25) is 0 Å². The molecule has 1 amide bonds. The molecule has 7 atom stereocenters. The summed E-state index contributed by atoms with van der Waals surface area (Å²) in [5.74, 6) is 0.760. The molecule has 1 aromatic carbocycles. The van der Waals surface area contributed by atoms with E-state index in [9.17, 15) is 14.7 Å². The molecule has 0 heterocycles. The van der Waals surface area contributed by atoms with Gasteiger partial charge in [0.1, 0.15) is 5.71 Å². The lowest BCUT2D eigenvalue weighted by Gasteiger charge is -2.58. The maximum absolute atomic E-state index is 12.5. The fraction of sp³-hybridized carbons (Fsp3) is 0.581. The molecule has 3 saturated carbocycles. The number of aliphatic hydroxyl groups is 1. The number of rotatable bonds is 6. The van der Waals surface area contributed by atoms with E-state index in [0.29, 0.717) is 29.0 Å². The Labute approximate surface area is 225 Å². The van der Waals surface area contributed by atoms with E-state index < -0.39 is 23.5 Å². The molecule has 0 aromatic heterocycles. The molecular weight excluding hydrogens is 480 g/mol. The fourth-order valence-corrected chi connectivity index (χ4v) is 7.92. The smallest absolute Gasteiger partial charge is 0.333 e. The van der Waals surface area contributed by atoms with Crippen LogP contribution in [0.15, 0.2) is 59.3 Å². The molecule has 4 aliphatic carbocycles. The van der Waals surface area contributed by atoms with Crippen LogP contribution in [0.3, 0.4) is 0 Å². The Kier molecular flexibility index (Phi) is 7.01. The van der Waals surface area contributed by atoms with Crippen molar-refractivity contribution in [2.45, 2.75) is 70.9 Å². The van der Waals surface area contributed by atoms with Crippen LogP contribution in [0.4, 0.5) is 0 Å². The van der Waals surface area contributed by atoms with Gasteiger partial charge in [-0.1, -0.05) is 61.0 Å². The molecule has 0 spiro atoms. The molecule has 7 heteroatoms. The van der Waals surface area contributed by atoms with Crippen molar-refractivity contribution < 1.29 is 24.3 Å². The van der Waals surface area contributed by atoms with Crippen LogP contribution in [0.25, 0.3) is 0 Å². The third-order valence-corrected chi connectivity index (χ3v) is 10.4. The van der Waals surface area contributed by atoms with Crippen molar-refractivity contribution in [3.8, 4) is 0 Å². The normalized spacial score (nSPS) is 37.3. The minimum Gasteiger partial charge on any atom is -0.467 e. The number of fused-ring (bicyclic) bond motifs is 5. The highest BCUT2D eigenvalue weighted by atomic mass is 16.6.